The number of hydrazine groups is 1. The van der Waals surface area contributed by atoms with Crippen molar-refractivity contribution in [1.29, 1.82) is 0 Å². The van der Waals surface area contributed by atoms with Crippen molar-refractivity contribution in [3.63, 3.8) is 0 Å². The van der Waals surface area contributed by atoms with Gasteiger partial charge in [0.2, 0.25) is 0 Å². The second-order valence-electron chi connectivity index (χ2n) is 6.50. The second kappa shape index (κ2) is 8.86. The summed E-state index contributed by atoms with van der Waals surface area (Å²) in [6.45, 7) is 13.7. The van der Waals surface area contributed by atoms with Crippen LogP contribution in [0.25, 0.3) is 0 Å². The van der Waals surface area contributed by atoms with Crippen LogP contribution in [-0.4, -0.2) is 44.3 Å². The Bertz CT molecular complexity index is 188. The first kappa shape index (κ1) is 15.9. The molecule has 0 unspecified atom stereocenters. The van der Waals surface area contributed by atoms with Gasteiger partial charge >= 0.3 is 0 Å². The Kier molecular flexibility index (Phi) is 7.82. The molecule has 1 rings (SSSR count). The average Bonchev–Trinajstić information content (AvgIpc) is 2.27. The van der Waals surface area contributed by atoms with E-state index in [4.69, 9.17) is 0 Å². The quantitative estimate of drug-likeness (QED) is 0.701. The van der Waals surface area contributed by atoms with Gasteiger partial charge < -0.3 is 5.32 Å². The zero-order valence-electron chi connectivity index (χ0n) is 12.5. The van der Waals surface area contributed by atoms with Gasteiger partial charge in [0.25, 0.3) is 0 Å². The predicted molar refractivity (Wildman–Crippen MR) is 78.4 cm³/mol. The van der Waals surface area contributed by atoms with E-state index in [1.54, 1.807) is 0 Å². The fourth-order valence-electron chi connectivity index (χ4n) is 2.03. The summed E-state index contributed by atoms with van der Waals surface area (Å²) in [4.78, 5) is 2.55. The van der Waals surface area contributed by atoms with Crippen LogP contribution in [0.3, 0.4) is 0 Å². The first-order chi connectivity index (χ1) is 8.58. The maximum absolute atomic E-state index is 3.57. The lowest BCUT2D eigenvalue weighted by molar-refractivity contribution is 0.208. The van der Waals surface area contributed by atoms with E-state index in [9.17, 15) is 0 Å². The van der Waals surface area contributed by atoms with Crippen LogP contribution in [0.1, 0.15) is 46.5 Å². The van der Waals surface area contributed by atoms with Crippen molar-refractivity contribution in [3.05, 3.63) is 0 Å². The Hall–Kier alpha value is -0.160. The maximum Gasteiger partial charge on any atom is 0.0480 e. The highest BCUT2D eigenvalue weighted by Crippen LogP contribution is 2.18. The highest BCUT2D eigenvalue weighted by molar-refractivity contribution is 4.67. The molecule has 0 aromatic carbocycles. The molecule has 3 N–H and O–H groups in total. The molecule has 0 amide bonds. The Labute approximate surface area is 113 Å². The van der Waals surface area contributed by atoms with Crippen molar-refractivity contribution in [2.45, 2.75) is 46.5 Å². The van der Waals surface area contributed by atoms with E-state index in [2.05, 4.69) is 41.8 Å². The molecule has 18 heavy (non-hydrogen) atoms. The molecule has 0 spiro atoms. The van der Waals surface area contributed by atoms with Crippen LogP contribution in [0.4, 0.5) is 0 Å². The Morgan fingerprint density at radius 1 is 0.944 bits per heavy atom. The molecule has 1 saturated heterocycles. The molecule has 0 saturated carbocycles. The molecule has 4 heteroatoms. The minimum Gasteiger partial charge on any atom is -0.304 e. The minimum atomic E-state index is 0.434. The van der Waals surface area contributed by atoms with Gasteiger partial charge in [-0.05, 0) is 44.2 Å². The smallest absolute Gasteiger partial charge is 0.0480 e. The minimum absolute atomic E-state index is 0.434. The number of hydrogen-bond acceptors (Lipinski definition) is 4. The molecule has 4 nitrogen and oxygen atoms in total. The predicted octanol–water partition coefficient (Wildman–Crippen LogP) is 1.55. The molecular formula is C14H32N4. The third-order valence-corrected chi connectivity index (χ3v) is 3.32. The van der Waals surface area contributed by atoms with Crippen LogP contribution in [0.5, 0.6) is 0 Å². The number of rotatable bonds is 2. The van der Waals surface area contributed by atoms with E-state index in [1.807, 2.05) is 0 Å². The van der Waals surface area contributed by atoms with Crippen molar-refractivity contribution in [2.24, 2.45) is 5.41 Å². The van der Waals surface area contributed by atoms with E-state index >= 15 is 0 Å². The molecule has 0 aromatic rings. The highest BCUT2D eigenvalue weighted by Gasteiger charge is 2.13. The van der Waals surface area contributed by atoms with Crippen molar-refractivity contribution in [1.82, 2.24) is 21.1 Å². The molecule has 108 valence electrons. The average molecular weight is 256 g/mol. The van der Waals surface area contributed by atoms with Crippen LogP contribution >= 0.6 is 0 Å². The first-order valence-corrected chi connectivity index (χ1v) is 7.47. The van der Waals surface area contributed by atoms with Gasteiger partial charge in [-0.3, -0.25) is 15.8 Å². The van der Waals surface area contributed by atoms with Crippen LogP contribution in [0, 0.1) is 5.41 Å². The van der Waals surface area contributed by atoms with Gasteiger partial charge in [-0.15, -0.1) is 0 Å². The Balaban J connectivity index is 2.27. The van der Waals surface area contributed by atoms with Crippen LogP contribution < -0.4 is 16.2 Å². The topological polar surface area (TPSA) is 39.3 Å². The molecule has 0 bridgehead atoms. The zero-order chi connectivity index (χ0) is 13.3. The summed E-state index contributed by atoms with van der Waals surface area (Å²) in [5, 5.41) is 3.57. The maximum atomic E-state index is 3.57. The van der Waals surface area contributed by atoms with Gasteiger partial charge in [-0.1, -0.05) is 20.8 Å². The van der Waals surface area contributed by atoms with Crippen LogP contribution in [0.15, 0.2) is 0 Å². The Morgan fingerprint density at radius 3 is 2.33 bits per heavy atom. The molecule has 0 aliphatic carbocycles. The fourth-order valence-corrected chi connectivity index (χ4v) is 2.03. The van der Waals surface area contributed by atoms with E-state index in [0.29, 0.717) is 5.41 Å². The SMILES string of the molecule is CC(C)(C)CCN1CCCNNCCCCNC1. The molecule has 0 aromatic heterocycles. The summed E-state index contributed by atoms with van der Waals surface area (Å²) >= 11 is 0. The van der Waals surface area contributed by atoms with Gasteiger partial charge in [0.1, 0.15) is 0 Å². The molecule has 1 heterocycles. The number of nitrogens with one attached hydrogen (secondary N) is 3. The zero-order valence-corrected chi connectivity index (χ0v) is 12.5. The van der Waals surface area contributed by atoms with Crippen molar-refractivity contribution >= 4 is 0 Å². The summed E-state index contributed by atoms with van der Waals surface area (Å²) < 4.78 is 0. The Morgan fingerprint density at radius 2 is 1.61 bits per heavy atom. The molecule has 1 fully saturated rings. The monoisotopic (exact) mass is 256 g/mol. The summed E-state index contributed by atoms with van der Waals surface area (Å²) in [5.41, 5.74) is 7.01. The van der Waals surface area contributed by atoms with Gasteiger partial charge in [0.15, 0.2) is 0 Å². The highest BCUT2D eigenvalue weighted by atomic mass is 15.3. The van der Waals surface area contributed by atoms with Crippen LogP contribution in [0.2, 0.25) is 0 Å². The lowest BCUT2D eigenvalue weighted by Crippen LogP contribution is -2.40. The molecule has 0 atom stereocenters. The van der Waals surface area contributed by atoms with Crippen molar-refractivity contribution < 1.29 is 0 Å². The summed E-state index contributed by atoms with van der Waals surface area (Å²) in [6, 6.07) is 0. The second-order valence-corrected chi connectivity index (χ2v) is 6.50. The standard InChI is InChI=1S/C14H32N4/c1-14(2,3)7-12-18-11-6-10-17-16-9-5-4-8-15-13-18/h15-17H,4-13H2,1-3H3. The molecule has 1 aliphatic heterocycles. The summed E-state index contributed by atoms with van der Waals surface area (Å²) in [7, 11) is 0. The normalized spacial score (nSPS) is 22.2. The summed E-state index contributed by atoms with van der Waals surface area (Å²) in [6.07, 6.45) is 4.96. The van der Waals surface area contributed by atoms with Crippen molar-refractivity contribution in [2.75, 3.05) is 39.4 Å². The molecule has 1 aliphatic rings. The van der Waals surface area contributed by atoms with Gasteiger partial charge in [0.05, 0.1) is 0 Å². The third kappa shape index (κ3) is 8.86. The van der Waals surface area contributed by atoms with Gasteiger partial charge in [0, 0.05) is 26.3 Å². The lowest BCUT2D eigenvalue weighted by atomic mass is 9.92. The number of hydrogen-bond donors (Lipinski definition) is 3. The van der Waals surface area contributed by atoms with E-state index < -0.39 is 0 Å². The molecular weight excluding hydrogens is 224 g/mol. The van der Waals surface area contributed by atoms with Gasteiger partial charge in [-0.2, -0.15) is 0 Å². The number of nitrogens with zero attached hydrogens (tertiary/aromatic N) is 1. The third-order valence-electron chi connectivity index (χ3n) is 3.32. The lowest BCUT2D eigenvalue weighted by Gasteiger charge is -2.27. The van der Waals surface area contributed by atoms with Crippen LogP contribution in [-0.2, 0) is 0 Å². The molecule has 0 radical (unpaired) electrons. The summed E-state index contributed by atoms with van der Waals surface area (Å²) in [5.74, 6) is 0. The van der Waals surface area contributed by atoms with Crippen molar-refractivity contribution in [3.8, 4) is 0 Å². The van der Waals surface area contributed by atoms with E-state index in [-0.39, 0.29) is 0 Å². The fraction of sp³-hybridized carbons (Fsp3) is 1.00. The van der Waals surface area contributed by atoms with Gasteiger partial charge in [-0.25, -0.2) is 0 Å². The largest absolute Gasteiger partial charge is 0.304 e. The van der Waals surface area contributed by atoms with E-state index in [1.165, 1.54) is 38.8 Å². The first-order valence-electron chi connectivity index (χ1n) is 7.47. The van der Waals surface area contributed by atoms with E-state index in [0.717, 1.165) is 26.3 Å².